The lowest BCUT2D eigenvalue weighted by molar-refractivity contribution is -0.137. The highest BCUT2D eigenvalue weighted by Gasteiger charge is 2.46. The average Bonchev–Trinajstić information content (AvgIpc) is 3.49. The minimum absolute atomic E-state index is 0.162. The molecule has 3 fully saturated rings. The van der Waals surface area contributed by atoms with Gasteiger partial charge in [-0.05, 0) is 68.4 Å². The molecule has 2 amide bonds. The zero-order chi connectivity index (χ0) is 30.3. The lowest BCUT2D eigenvalue weighted by Crippen LogP contribution is -2.52. The number of nitrogens with zero attached hydrogens (tertiary/aromatic N) is 2. The molecule has 5 rings (SSSR count). The van der Waals surface area contributed by atoms with Gasteiger partial charge in [-0.1, -0.05) is 24.3 Å². The monoisotopic (exact) mass is 629 g/mol. The Labute approximate surface area is 244 Å². The number of hydrogen-bond acceptors (Lipinski definition) is 7. The standard InChI is InChI=1S/C28H34F3N3O6S2/c29-28(30,31)21-7-4-6-19(16-21)26(35)32-24-12-14-33(27(24)36)25-11-10-22(34-13-5-15-42(34,39)40)17-20(25)18-41(37,38)23-8-2-1-3-9-23/h1-4,6-9,16,20,22,24-25,39-40H,5,10-15,17-18H2,(H,32,35)/t20-,22-,24+,25+/m1/s1. The van der Waals surface area contributed by atoms with Gasteiger partial charge in [0.25, 0.3) is 5.91 Å². The van der Waals surface area contributed by atoms with Gasteiger partial charge in [-0.15, -0.1) is 10.8 Å². The fraction of sp³-hybridized carbons (Fsp3) is 0.500. The molecule has 2 aliphatic heterocycles. The Balaban J connectivity index is 1.33. The number of likely N-dealkylation sites (tertiary alicyclic amines) is 1. The van der Waals surface area contributed by atoms with E-state index in [1.54, 1.807) is 27.4 Å². The summed E-state index contributed by atoms with van der Waals surface area (Å²) in [5.41, 5.74) is -1.18. The molecule has 0 unspecified atom stereocenters. The van der Waals surface area contributed by atoms with E-state index in [1.165, 1.54) is 18.2 Å². The number of halogens is 3. The van der Waals surface area contributed by atoms with Crippen molar-refractivity contribution in [3.63, 3.8) is 0 Å². The fourth-order valence-corrected chi connectivity index (χ4v) is 9.95. The van der Waals surface area contributed by atoms with Crippen LogP contribution in [-0.2, 0) is 20.8 Å². The van der Waals surface area contributed by atoms with Gasteiger partial charge in [-0.3, -0.25) is 18.7 Å². The van der Waals surface area contributed by atoms with Crippen molar-refractivity contribution >= 4 is 32.4 Å². The van der Waals surface area contributed by atoms with E-state index in [4.69, 9.17) is 0 Å². The summed E-state index contributed by atoms with van der Waals surface area (Å²) in [6.45, 7) is 0.755. The SMILES string of the molecule is O=C(N[C@H]1CCN([C@H]2CC[C@@H](N3CCCS3(O)O)C[C@@H]2CS(=O)(=O)c2ccccc2)C1=O)c1cccc(C(F)(F)F)c1. The molecule has 0 spiro atoms. The van der Waals surface area contributed by atoms with E-state index in [2.05, 4.69) is 5.32 Å². The van der Waals surface area contributed by atoms with Gasteiger partial charge < -0.3 is 10.2 Å². The van der Waals surface area contributed by atoms with Crippen molar-refractivity contribution in [3.8, 4) is 0 Å². The number of carbonyl (C=O) groups is 2. The molecule has 9 nitrogen and oxygen atoms in total. The van der Waals surface area contributed by atoms with E-state index >= 15 is 0 Å². The van der Waals surface area contributed by atoms with Crippen LogP contribution in [0.3, 0.4) is 0 Å². The Morgan fingerprint density at radius 3 is 2.43 bits per heavy atom. The molecule has 3 aliphatic rings. The average molecular weight is 630 g/mol. The molecule has 42 heavy (non-hydrogen) atoms. The maximum absolute atomic E-state index is 13.5. The third-order valence-electron chi connectivity index (χ3n) is 8.43. The van der Waals surface area contributed by atoms with E-state index in [-0.39, 0.29) is 41.0 Å². The predicted octanol–water partition coefficient (Wildman–Crippen LogP) is 4.42. The van der Waals surface area contributed by atoms with Crippen molar-refractivity contribution in [1.29, 1.82) is 0 Å². The van der Waals surface area contributed by atoms with Crippen LogP contribution in [0.5, 0.6) is 0 Å². The highest BCUT2D eigenvalue weighted by Crippen LogP contribution is 2.52. The van der Waals surface area contributed by atoms with E-state index in [1.807, 2.05) is 0 Å². The van der Waals surface area contributed by atoms with Crippen molar-refractivity contribution in [3.05, 3.63) is 65.7 Å². The summed E-state index contributed by atoms with van der Waals surface area (Å²) in [7, 11) is -6.67. The number of nitrogens with one attached hydrogen (secondary N) is 1. The van der Waals surface area contributed by atoms with Crippen LogP contribution in [0, 0.1) is 5.92 Å². The highest BCUT2D eigenvalue weighted by atomic mass is 32.3. The minimum Gasteiger partial charge on any atom is -0.340 e. The quantitative estimate of drug-likeness (QED) is 0.414. The first-order valence-electron chi connectivity index (χ1n) is 13.9. The largest absolute Gasteiger partial charge is 0.416 e. The molecule has 2 saturated heterocycles. The molecule has 230 valence electrons. The van der Waals surface area contributed by atoms with Crippen molar-refractivity contribution in [2.75, 3.05) is 24.6 Å². The van der Waals surface area contributed by atoms with Gasteiger partial charge in [-0.2, -0.15) is 13.2 Å². The van der Waals surface area contributed by atoms with Crippen molar-refractivity contribution in [2.24, 2.45) is 5.92 Å². The highest BCUT2D eigenvalue weighted by molar-refractivity contribution is 8.22. The number of hydrogen-bond donors (Lipinski definition) is 3. The summed E-state index contributed by atoms with van der Waals surface area (Å²) in [6.07, 6.45) is -2.44. The van der Waals surface area contributed by atoms with Crippen LogP contribution in [0.25, 0.3) is 0 Å². The molecule has 1 saturated carbocycles. The number of rotatable bonds is 7. The molecule has 0 bridgehead atoms. The summed E-state index contributed by atoms with van der Waals surface area (Å²) in [5, 5.41) is 2.56. The van der Waals surface area contributed by atoms with Crippen LogP contribution in [-0.4, -0.2) is 81.3 Å². The van der Waals surface area contributed by atoms with Gasteiger partial charge in [0.15, 0.2) is 9.84 Å². The normalized spacial score (nSPS) is 27.6. The van der Waals surface area contributed by atoms with Gasteiger partial charge in [0.2, 0.25) is 5.91 Å². The van der Waals surface area contributed by atoms with Gasteiger partial charge in [-0.25, -0.2) is 12.7 Å². The van der Waals surface area contributed by atoms with Crippen LogP contribution in [0.4, 0.5) is 13.2 Å². The maximum Gasteiger partial charge on any atom is 0.416 e. The summed E-state index contributed by atoms with van der Waals surface area (Å²) in [5.74, 6) is -1.68. The van der Waals surface area contributed by atoms with Crippen molar-refractivity contribution < 1.29 is 40.3 Å². The molecule has 2 heterocycles. The Hall–Kier alpha value is -2.65. The first-order valence-corrected chi connectivity index (χ1v) is 17.2. The van der Waals surface area contributed by atoms with Crippen LogP contribution in [0.2, 0.25) is 0 Å². The number of alkyl halides is 3. The molecule has 4 atom stereocenters. The zero-order valence-corrected chi connectivity index (χ0v) is 24.4. The van der Waals surface area contributed by atoms with E-state index < -0.39 is 62.2 Å². The number of benzene rings is 2. The summed E-state index contributed by atoms with van der Waals surface area (Å²) in [4.78, 5) is 28.1. The molecule has 2 aromatic rings. The van der Waals surface area contributed by atoms with Gasteiger partial charge in [0.1, 0.15) is 6.04 Å². The second-order valence-corrected chi connectivity index (χ2v) is 15.3. The van der Waals surface area contributed by atoms with Gasteiger partial charge in [0.05, 0.1) is 22.0 Å². The van der Waals surface area contributed by atoms with E-state index in [0.717, 1.165) is 18.2 Å². The molecular weight excluding hydrogens is 595 g/mol. The predicted molar refractivity (Wildman–Crippen MR) is 151 cm³/mol. The molecule has 3 N–H and O–H groups in total. The number of amides is 2. The van der Waals surface area contributed by atoms with Gasteiger partial charge in [0, 0.05) is 30.7 Å². The molecule has 1 aliphatic carbocycles. The van der Waals surface area contributed by atoms with Gasteiger partial charge >= 0.3 is 6.18 Å². The first kappa shape index (κ1) is 30.8. The summed E-state index contributed by atoms with van der Waals surface area (Å²) in [6, 6.07) is 10.3. The summed E-state index contributed by atoms with van der Waals surface area (Å²) >= 11 is 0. The molecule has 2 aromatic carbocycles. The Morgan fingerprint density at radius 1 is 1.02 bits per heavy atom. The molecule has 0 radical (unpaired) electrons. The topological polar surface area (TPSA) is 127 Å². The third kappa shape index (κ3) is 6.47. The van der Waals surface area contributed by atoms with Crippen LogP contribution < -0.4 is 5.32 Å². The third-order valence-corrected chi connectivity index (χ3v) is 12.4. The van der Waals surface area contributed by atoms with Crippen LogP contribution >= 0.6 is 10.8 Å². The van der Waals surface area contributed by atoms with E-state index in [9.17, 15) is 40.3 Å². The van der Waals surface area contributed by atoms with Crippen molar-refractivity contribution in [2.45, 2.75) is 61.3 Å². The lowest BCUT2D eigenvalue weighted by atomic mass is 9.81. The zero-order valence-electron chi connectivity index (χ0n) is 22.7. The second kappa shape index (κ2) is 11.8. The van der Waals surface area contributed by atoms with Crippen molar-refractivity contribution in [1.82, 2.24) is 14.5 Å². The summed E-state index contributed by atoms with van der Waals surface area (Å²) < 4.78 is 89.0. The fourth-order valence-electron chi connectivity index (χ4n) is 6.42. The smallest absolute Gasteiger partial charge is 0.340 e. The molecular formula is C28H34F3N3O6S2. The molecule has 14 heteroatoms. The number of sulfone groups is 1. The van der Waals surface area contributed by atoms with E-state index in [0.29, 0.717) is 32.2 Å². The Bertz CT molecular complexity index is 1420. The first-order chi connectivity index (χ1) is 19.8. The second-order valence-electron chi connectivity index (χ2n) is 11.1. The van der Waals surface area contributed by atoms with Crippen LogP contribution in [0.15, 0.2) is 59.5 Å². The lowest BCUT2D eigenvalue weighted by Gasteiger charge is -2.47. The minimum atomic E-state index is -4.62. The Morgan fingerprint density at radius 2 is 1.76 bits per heavy atom. The van der Waals surface area contributed by atoms with Crippen LogP contribution in [0.1, 0.15) is 48.0 Å². The maximum atomic E-state index is 13.5. The Kier molecular flexibility index (Phi) is 8.65. The number of carbonyl (C=O) groups excluding carboxylic acids is 2. The molecule has 0 aromatic heterocycles.